The first-order chi connectivity index (χ1) is 13.1. The Labute approximate surface area is 167 Å². The minimum atomic E-state index is -1.21. The summed E-state index contributed by atoms with van der Waals surface area (Å²) in [6.45, 7) is 4.39. The van der Waals surface area contributed by atoms with Crippen LogP contribution >= 0.6 is 0 Å². The fourth-order valence-corrected chi connectivity index (χ4v) is 7.67. The van der Waals surface area contributed by atoms with E-state index in [-0.39, 0.29) is 23.4 Å². The molecule has 0 aromatic rings. The molecule has 7 heteroatoms. The van der Waals surface area contributed by atoms with Crippen molar-refractivity contribution in [1.82, 2.24) is 5.43 Å². The number of nitrogens with zero attached hydrogens (tertiary/aromatic N) is 1. The third-order valence-corrected chi connectivity index (χ3v) is 9.49. The highest BCUT2D eigenvalue weighted by Gasteiger charge is 2.71. The van der Waals surface area contributed by atoms with Gasteiger partial charge in [0.2, 0.25) is 5.96 Å². The molecule has 7 nitrogen and oxygen atoms in total. The molecule has 0 aromatic carbocycles. The molecule has 158 valence electrons. The first kappa shape index (κ1) is 20.1. The zero-order valence-corrected chi connectivity index (χ0v) is 17.1. The van der Waals surface area contributed by atoms with E-state index in [1.807, 2.05) is 6.92 Å². The molecule has 28 heavy (non-hydrogen) atoms. The van der Waals surface area contributed by atoms with E-state index in [2.05, 4.69) is 17.5 Å². The van der Waals surface area contributed by atoms with Crippen LogP contribution in [0.1, 0.15) is 71.6 Å². The minimum absolute atomic E-state index is 0.171. The maximum absolute atomic E-state index is 12.0. The van der Waals surface area contributed by atoms with Crippen LogP contribution in [0.2, 0.25) is 0 Å². The summed E-state index contributed by atoms with van der Waals surface area (Å²) in [7, 11) is 0. The lowest BCUT2D eigenvalue weighted by atomic mass is 9.43. The van der Waals surface area contributed by atoms with Gasteiger partial charge in [-0.1, -0.05) is 13.8 Å². The van der Waals surface area contributed by atoms with Gasteiger partial charge in [-0.3, -0.25) is 5.41 Å². The standard InChI is InChI=1S/C21H36N4O3/c1-18-7-5-14(26)11-13(18)3-4-16-15(18)6-8-19(2)20(27,9-10-21(16,19)28)12-24-25-17(22)23/h12-16,26-28H,3-11H2,1-2H3,(H4,22,23,25)/b24-12+/t13-,14+,15+,16-,18+,19-,20+,21+/m1/s1. The molecule has 0 aromatic heterocycles. The molecule has 8 atom stereocenters. The number of aliphatic hydroxyl groups excluding tert-OH is 1. The number of guanidine groups is 1. The van der Waals surface area contributed by atoms with Gasteiger partial charge in [-0.15, -0.1) is 0 Å². The van der Waals surface area contributed by atoms with Crippen molar-refractivity contribution in [2.75, 3.05) is 0 Å². The van der Waals surface area contributed by atoms with Crippen LogP contribution < -0.4 is 11.2 Å². The Morgan fingerprint density at radius 2 is 1.82 bits per heavy atom. The number of aliphatic hydroxyl groups is 3. The van der Waals surface area contributed by atoms with E-state index in [9.17, 15) is 15.3 Å². The van der Waals surface area contributed by atoms with E-state index in [1.54, 1.807) is 0 Å². The Balaban J connectivity index is 1.63. The highest BCUT2D eigenvalue weighted by molar-refractivity contribution is 5.77. The molecule has 4 aliphatic rings. The van der Waals surface area contributed by atoms with Gasteiger partial charge in [-0.25, -0.2) is 5.43 Å². The third-order valence-electron chi connectivity index (χ3n) is 9.49. The molecule has 4 fully saturated rings. The van der Waals surface area contributed by atoms with Gasteiger partial charge in [0.25, 0.3) is 0 Å². The number of hydrogen-bond acceptors (Lipinski definition) is 5. The summed E-state index contributed by atoms with van der Waals surface area (Å²) in [5, 5.41) is 44.8. The number of hydrogen-bond donors (Lipinski definition) is 6. The Morgan fingerprint density at radius 1 is 1.07 bits per heavy atom. The fraction of sp³-hybridized carbons (Fsp3) is 0.905. The van der Waals surface area contributed by atoms with E-state index in [4.69, 9.17) is 11.1 Å². The fourth-order valence-electron chi connectivity index (χ4n) is 7.67. The van der Waals surface area contributed by atoms with Gasteiger partial charge in [0.05, 0.1) is 17.9 Å². The Hall–Kier alpha value is -1.18. The van der Waals surface area contributed by atoms with Gasteiger partial charge in [0.15, 0.2) is 0 Å². The van der Waals surface area contributed by atoms with Crippen molar-refractivity contribution >= 4 is 12.2 Å². The van der Waals surface area contributed by atoms with Crippen molar-refractivity contribution in [3.05, 3.63) is 0 Å². The summed E-state index contributed by atoms with van der Waals surface area (Å²) >= 11 is 0. The lowest BCUT2D eigenvalue weighted by Gasteiger charge is -2.64. The quantitative estimate of drug-likeness (QED) is 0.242. The number of nitrogens with one attached hydrogen (secondary N) is 2. The number of hydrazone groups is 1. The summed E-state index contributed by atoms with van der Waals surface area (Å²) < 4.78 is 0. The first-order valence-corrected chi connectivity index (χ1v) is 10.8. The molecule has 0 radical (unpaired) electrons. The van der Waals surface area contributed by atoms with E-state index in [0.29, 0.717) is 24.7 Å². The maximum atomic E-state index is 12.0. The van der Waals surface area contributed by atoms with E-state index >= 15 is 0 Å². The third kappa shape index (κ3) is 2.58. The predicted molar refractivity (Wildman–Crippen MR) is 108 cm³/mol. The lowest BCUT2D eigenvalue weighted by molar-refractivity contribution is -0.223. The van der Waals surface area contributed by atoms with Gasteiger partial charge in [-0.05, 0) is 81.0 Å². The smallest absolute Gasteiger partial charge is 0.206 e. The maximum Gasteiger partial charge on any atom is 0.206 e. The molecule has 4 saturated carbocycles. The van der Waals surface area contributed by atoms with E-state index in [1.165, 1.54) is 6.21 Å². The van der Waals surface area contributed by atoms with E-state index < -0.39 is 16.6 Å². The Bertz CT molecular complexity index is 687. The molecule has 0 aliphatic heterocycles. The van der Waals surface area contributed by atoms with Gasteiger partial charge in [0, 0.05) is 5.41 Å². The van der Waals surface area contributed by atoms with Crippen molar-refractivity contribution in [2.45, 2.75) is 88.9 Å². The molecular formula is C21H36N4O3. The highest BCUT2D eigenvalue weighted by atomic mass is 16.3. The molecular weight excluding hydrogens is 356 g/mol. The number of nitrogens with two attached hydrogens (primary N) is 1. The zero-order chi connectivity index (χ0) is 20.4. The molecule has 0 amide bonds. The monoisotopic (exact) mass is 392 g/mol. The molecule has 0 heterocycles. The van der Waals surface area contributed by atoms with Crippen molar-refractivity contribution < 1.29 is 15.3 Å². The molecule has 4 rings (SSSR count). The minimum Gasteiger partial charge on any atom is -0.393 e. The molecule has 4 aliphatic carbocycles. The van der Waals surface area contributed by atoms with Crippen LogP contribution in [-0.2, 0) is 0 Å². The summed E-state index contributed by atoms with van der Waals surface area (Å²) in [4.78, 5) is 0. The predicted octanol–water partition coefficient (Wildman–Crippen LogP) is 1.70. The van der Waals surface area contributed by atoms with Crippen LogP contribution in [0.3, 0.4) is 0 Å². The first-order valence-electron chi connectivity index (χ1n) is 10.8. The second-order valence-corrected chi connectivity index (χ2v) is 10.4. The number of fused-ring (bicyclic) bond motifs is 5. The summed E-state index contributed by atoms with van der Waals surface area (Å²) in [5.74, 6) is 0.872. The highest BCUT2D eigenvalue weighted by Crippen LogP contribution is 2.69. The Morgan fingerprint density at radius 3 is 2.54 bits per heavy atom. The van der Waals surface area contributed by atoms with Gasteiger partial charge in [0.1, 0.15) is 5.60 Å². The summed E-state index contributed by atoms with van der Waals surface area (Å²) in [5.41, 5.74) is 5.06. The topological polar surface area (TPSA) is 135 Å². The van der Waals surface area contributed by atoms with Crippen molar-refractivity contribution in [3.63, 3.8) is 0 Å². The second kappa shape index (κ2) is 6.41. The van der Waals surface area contributed by atoms with Crippen LogP contribution in [0.15, 0.2) is 5.10 Å². The van der Waals surface area contributed by atoms with Crippen molar-refractivity contribution in [2.24, 2.45) is 39.4 Å². The molecule has 0 spiro atoms. The van der Waals surface area contributed by atoms with Crippen LogP contribution in [0.25, 0.3) is 0 Å². The largest absolute Gasteiger partial charge is 0.393 e. The van der Waals surface area contributed by atoms with Crippen LogP contribution in [0.5, 0.6) is 0 Å². The van der Waals surface area contributed by atoms with Gasteiger partial charge in [-0.2, -0.15) is 5.10 Å². The van der Waals surface area contributed by atoms with Crippen LogP contribution in [0.4, 0.5) is 0 Å². The zero-order valence-electron chi connectivity index (χ0n) is 17.1. The van der Waals surface area contributed by atoms with E-state index in [0.717, 1.165) is 44.9 Å². The molecule has 0 unspecified atom stereocenters. The van der Waals surface area contributed by atoms with Crippen molar-refractivity contribution in [3.8, 4) is 0 Å². The number of rotatable bonds is 2. The molecule has 0 bridgehead atoms. The second-order valence-electron chi connectivity index (χ2n) is 10.4. The normalized spacial score (nSPS) is 53.3. The SMILES string of the molecule is C[C@]12CC[C@H](O)C[C@H]1CC[C@@H]1[C@@H]2CC[C@]2(C)[C@@](O)(/C=N/NC(=N)N)CC[C@]12O. The van der Waals surface area contributed by atoms with Gasteiger partial charge >= 0.3 is 0 Å². The average Bonchev–Trinajstić information content (AvgIpc) is 2.83. The van der Waals surface area contributed by atoms with Crippen LogP contribution in [0, 0.1) is 34.0 Å². The van der Waals surface area contributed by atoms with Crippen LogP contribution in [-0.4, -0.2) is 44.8 Å². The summed E-state index contributed by atoms with van der Waals surface area (Å²) in [6, 6.07) is 0. The molecule has 0 saturated heterocycles. The molecule has 7 N–H and O–H groups in total. The Kier molecular flexibility index (Phi) is 4.60. The lowest BCUT2D eigenvalue weighted by Crippen LogP contribution is -2.65. The van der Waals surface area contributed by atoms with Gasteiger partial charge < -0.3 is 21.1 Å². The summed E-state index contributed by atoms with van der Waals surface area (Å²) in [6.07, 6.45) is 8.84. The average molecular weight is 393 g/mol. The van der Waals surface area contributed by atoms with Crippen molar-refractivity contribution in [1.29, 1.82) is 5.41 Å².